The van der Waals surface area contributed by atoms with Gasteiger partial charge in [-0.2, -0.15) is 0 Å². The predicted octanol–water partition coefficient (Wildman–Crippen LogP) is 2.70. The van der Waals surface area contributed by atoms with Crippen LogP contribution in [-0.4, -0.2) is 48.1 Å². The minimum Gasteiger partial charge on any atom is -0.480 e. The van der Waals surface area contributed by atoms with E-state index in [0.29, 0.717) is 24.1 Å². The van der Waals surface area contributed by atoms with E-state index < -0.39 is 22.0 Å². The van der Waals surface area contributed by atoms with Crippen molar-refractivity contribution in [3.8, 4) is 0 Å². The zero-order valence-electron chi connectivity index (χ0n) is 15.4. The Morgan fingerprint density at radius 1 is 1.26 bits per heavy atom. The van der Waals surface area contributed by atoms with Crippen molar-refractivity contribution < 1.29 is 23.1 Å². The smallest absolute Gasteiger partial charge is 0.326 e. The first-order valence-corrected chi connectivity index (χ1v) is 11.1. The molecule has 8 heteroatoms. The van der Waals surface area contributed by atoms with Gasteiger partial charge < -0.3 is 10.0 Å². The van der Waals surface area contributed by atoms with Crippen LogP contribution in [-0.2, 0) is 14.8 Å². The first kappa shape index (κ1) is 19.7. The second-order valence-electron chi connectivity index (χ2n) is 7.42. The lowest BCUT2D eigenvalue weighted by Gasteiger charge is -2.33. The summed E-state index contributed by atoms with van der Waals surface area (Å²) in [6, 6.07) is 5.44. The van der Waals surface area contributed by atoms with Crippen LogP contribution in [0.25, 0.3) is 0 Å². The fourth-order valence-corrected chi connectivity index (χ4v) is 5.46. The van der Waals surface area contributed by atoms with Gasteiger partial charge in [0.15, 0.2) is 0 Å². The third kappa shape index (κ3) is 4.26. The molecule has 3 atom stereocenters. The molecule has 0 radical (unpaired) electrons. The summed E-state index contributed by atoms with van der Waals surface area (Å²) < 4.78 is 26.4. The number of fused-ring (bicyclic) bond motifs is 1. The summed E-state index contributed by atoms with van der Waals surface area (Å²) in [5, 5.41) is 9.61. The number of aliphatic carboxylic acids is 1. The van der Waals surface area contributed by atoms with Crippen LogP contribution < -0.4 is 4.72 Å². The molecule has 7 nitrogen and oxygen atoms in total. The van der Waals surface area contributed by atoms with Crippen LogP contribution in [0.15, 0.2) is 24.3 Å². The lowest BCUT2D eigenvalue weighted by Crippen LogP contribution is -2.46. The molecule has 3 rings (SSSR count). The van der Waals surface area contributed by atoms with Crippen molar-refractivity contribution in [3.05, 3.63) is 29.8 Å². The number of carboxylic acids is 1. The van der Waals surface area contributed by atoms with Gasteiger partial charge in [-0.3, -0.25) is 9.52 Å². The second-order valence-corrected chi connectivity index (χ2v) is 9.26. The van der Waals surface area contributed by atoms with Crippen LogP contribution in [0.2, 0.25) is 0 Å². The second kappa shape index (κ2) is 7.88. The molecular weight excluding hydrogens is 368 g/mol. The van der Waals surface area contributed by atoms with Crippen molar-refractivity contribution >= 4 is 27.6 Å². The molecular formula is C19H26N2O5S. The van der Waals surface area contributed by atoms with E-state index in [2.05, 4.69) is 4.72 Å². The monoisotopic (exact) mass is 394 g/mol. The molecule has 2 fully saturated rings. The van der Waals surface area contributed by atoms with Crippen molar-refractivity contribution in [2.45, 2.75) is 57.5 Å². The third-order valence-corrected chi connectivity index (χ3v) is 6.96. The lowest BCUT2D eigenvalue weighted by molar-refractivity contribution is -0.141. The molecule has 1 aliphatic carbocycles. The van der Waals surface area contributed by atoms with Crippen molar-refractivity contribution in [2.75, 3.05) is 10.5 Å². The largest absolute Gasteiger partial charge is 0.480 e. The molecule has 1 saturated carbocycles. The number of amides is 1. The number of anilines is 1. The average Bonchev–Trinajstić information content (AvgIpc) is 3.00. The topological polar surface area (TPSA) is 104 Å². The average molecular weight is 394 g/mol. The highest BCUT2D eigenvalue weighted by Gasteiger charge is 2.47. The zero-order valence-corrected chi connectivity index (χ0v) is 16.2. The van der Waals surface area contributed by atoms with Crippen LogP contribution in [0.1, 0.15) is 55.8 Å². The minimum atomic E-state index is -3.46. The van der Waals surface area contributed by atoms with Gasteiger partial charge in [-0.25, -0.2) is 13.2 Å². The van der Waals surface area contributed by atoms with Gasteiger partial charge in [0, 0.05) is 17.3 Å². The summed E-state index contributed by atoms with van der Waals surface area (Å²) in [7, 11) is -3.46. The number of benzene rings is 1. The molecule has 1 heterocycles. The van der Waals surface area contributed by atoms with Gasteiger partial charge in [-0.1, -0.05) is 25.8 Å². The number of likely N-dealkylation sites (tertiary alicyclic amines) is 1. The number of hydrogen-bond donors (Lipinski definition) is 2. The van der Waals surface area contributed by atoms with E-state index in [1.807, 2.05) is 0 Å². The molecule has 1 saturated heterocycles. The Morgan fingerprint density at radius 2 is 2.00 bits per heavy atom. The van der Waals surface area contributed by atoms with Gasteiger partial charge in [0.2, 0.25) is 10.0 Å². The Balaban J connectivity index is 1.86. The Kier molecular flexibility index (Phi) is 5.74. The standard InChI is InChI=1S/C19H26N2O5S/c1-2-10-27(25,26)20-15-8-5-7-14(11-15)18(22)21-16-9-4-3-6-13(16)12-17(21)19(23)24/h5,7-8,11,13,16-17,20H,2-4,6,9-10,12H2,1H3,(H,23,24). The van der Waals surface area contributed by atoms with Crippen LogP contribution in [0.5, 0.6) is 0 Å². The summed E-state index contributed by atoms with van der Waals surface area (Å²) in [4.78, 5) is 26.4. The maximum atomic E-state index is 13.1. The summed E-state index contributed by atoms with van der Waals surface area (Å²) in [6.45, 7) is 1.78. The summed E-state index contributed by atoms with van der Waals surface area (Å²) in [5.41, 5.74) is 0.629. The molecule has 148 valence electrons. The maximum absolute atomic E-state index is 13.1. The molecule has 3 unspecified atom stereocenters. The van der Waals surface area contributed by atoms with Crippen LogP contribution in [0.3, 0.4) is 0 Å². The van der Waals surface area contributed by atoms with Gasteiger partial charge >= 0.3 is 5.97 Å². The fourth-order valence-electron chi connectivity index (χ4n) is 4.34. The van der Waals surface area contributed by atoms with E-state index in [9.17, 15) is 23.1 Å². The Bertz CT molecular complexity index is 823. The molecule has 2 N–H and O–H groups in total. The van der Waals surface area contributed by atoms with Gasteiger partial charge in [0.05, 0.1) is 5.75 Å². The molecule has 27 heavy (non-hydrogen) atoms. The van der Waals surface area contributed by atoms with Crippen LogP contribution in [0.4, 0.5) is 5.69 Å². The highest BCUT2D eigenvalue weighted by atomic mass is 32.2. The van der Waals surface area contributed by atoms with Gasteiger partial charge in [0.25, 0.3) is 5.91 Å². The molecule has 1 aromatic rings. The van der Waals surface area contributed by atoms with Crippen molar-refractivity contribution in [1.29, 1.82) is 0 Å². The lowest BCUT2D eigenvalue weighted by atomic mass is 9.84. The SMILES string of the molecule is CCCS(=O)(=O)Nc1cccc(C(=O)N2C(C(=O)O)CC3CCCCC32)c1. The van der Waals surface area contributed by atoms with Gasteiger partial charge in [-0.15, -0.1) is 0 Å². The summed E-state index contributed by atoms with van der Waals surface area (Å²) in [6.07, 6.45) is 4.83. The molecule has 0 spiro atoms. The van der Waals surface area contributed by atoms with Crippen molar-refractivity contribution in [1.82, 2.24) is 4.90 Å². The molecule has 1 aliphatic heterocycles. The predicted molar refractivity (Wildman–Crippen MR) is 102 cm³/mol. The maximum Gasteiger partial charge on any atom is 0.326 e. The zero-order chi connectivity index (χ0) is 19.6. The highest BCUT2D eigenvalue weighted by molar-refractivity contribution is 7.92. The van der Waals surface area contributed by atoms with Crippen LogP contribution >= 0.6 is 0 Å². The van der Waals surface area contributed by atoms with E-state index in [4.69, 9.17) is 0 Å². The number of nitrogens with one attached hydrogen (secondary N) is 1. The number of nitrogens with zero attached hydrogens (tertiary/aromatic N) is 1. The quantitative estimate of drug-likeness (QED) is 0.772. The first-order valence-electron chi connectivity index (χ1n) is 9.48. The summed E-state index contributed by atoms with van der Waals surface area (Å²) in [5.74, 6) is -1.08. The van der Waals surface area contributed by atoms with Gasteiger partial charge in [0.1, 0.15) is 6.04 Å². The molecule has 2 aliphatic rings. The fraction of sp³-hybridized carbons (Fsp3) is 0.579. The molecule has 1 amide bonds. The number of hydrogen-bond acceptors (Lipinski definition) is 4. The molecule has 1 aromatic carbocycles. The number of sulfonamides is 1. The normalized spacial score (nSPS) is 25.1. The first-order chi connectivity index (χ1) is 12.8. The number of carboxylic acid groups (broad SMARTS) is 1. The van der Waals surface area contributed by atoms with E-state index in [1.165, 1.54) is 11.0 Å². The van der Waals surface area contributed by atoms with Crippen molar-refractivity contribution in [3.63, 3.8) is 0 Å². The van der Waals surface area contributed by atoms with Crippen molar-refractivity contribution in [2.24, 2.45) is 5.92 Å². The Hall–Kier alpha value is -2.09. The highest BCUT2D eigenvalue weighted by Crippen LogP contribution is 2.40. The minimum absolute atomic E-state index is 0.00212. The molecule has 0 bridgehead atoms. The molecule has 0 aromatic heterocycles. The number of carbonyl (C=O) groups excluding carboxylic acids is 1. The van der Waals surface area contributed by atoms with E-state index in [0.717, 1.165) is 25.7 Å². The van der Waals surface area contributed by atoms with Crippen LogP contribution in [0, 0.1) is 5.92 Å². The summed E-state index contributed by atoms with van der Waals surface area (Å²) >= 11 is 0. The third-order valence-electron chi connectivity index (χ3n) is 5.46. The number of carbonyl (C=O) groups is 2. The van der Waals surface area contributed by atoms with E-state index >= 15 is 0 Å². The van der Waals surface area contributed by atoms with E-state index in [1.54, 1.807) is 25.1 Å². The Morgan fingerprint density at radius 3 is 2.70 bits per heavy atom. The van der Waals surface area contributed by atoms with Gasteiger partial charge in [-0.05, 0) is 49.8 Å². The van der Waals surface area contributed by atoms with E-state index in [-0.39, 0.29) is 23.6 Å². The number of rotatable bonds is 6. The Labute approximate surface area is 159 Å².